The molecule has 0 aromatic heterocycles. The van der Waals surface area contributed by atoms with Gasteiger partial charge < -0.3 is 5.11 Å². The molecule has 0 saturated heterocycles. The first-order chi connectivity index (χ1) is 9.44. The van der Waals surface area contributed by atoms with E-state index in [1.165, 1.54) is 31.2 Å². The van der Waals surface area contributed by atoms with Gasteiger partial charge in [0.25, 0.3) is 0 Å². The molecule has 0 bridgehead atoms. The minimum absolute atomic E-state index is 0.226. The Morgan fingerprint density at radius 2 is 1.65 bits per heavy atom. The quantitative estimate of drug-likeness (QED) is 0.796. The van der Waals surface area contributed by atoms with Crippen molar-refractivity contribution in [2.24, 2.45) is 11.8 Å². The first-order valence-corrected chi connectivity index (χ1v) is 8.22. The highest BCUT2D eigenvalue weighted by Gasteiger charge is 2.26. The van der Waals surface area contributed by atoms with E-state index in [1.807, 2.05) is 0 Å². The second-order valence-corrected chi connectivity index (χ2v) is 7.32. The van der Waals surface area contributed by atoms with E-state index in [0.29, 0.717) is 5.92 Å². The molecule has 1 unspecified atom stereocenters. The zero-order valence-electron chi connectivity index (χ0n) is 13.5. The topological polar surface area (TPSA) is 20.2 Å². The maximum atomic E-state index is 10.6. The van der Waals surface area contributed by atoms with Crippen LogP contribution >= 0.6 is 0 Å². The zero-order valence-corrected chi connectivity index (χ0v) is 13.5. The molecule has 1 N–H and O–H groups in total. The summed E-state index contributed by atoms with van der Waals surface area (Å²) < 4.78 is 0. The molecule has 0 heterocycles. The second-order valence-electron chi connectivity index (χ2n) is 7.32. The molecule has 0 radical (unpaired) electrons. The summed E-state index contributed by atoms with van der Waals surface area (Å²) in [5.41, 5.74) is 2.69. The zero-order chi connectivity index (χ0) is 14.8. The molecular weight excluding hydrogens is 244 g/mol. The highest BCUT2D eigenvalue weighted by Crippen LogP contribution is 2.37. The Labute approximate surface area is 124 Å². The van der Waals surface area contributed by atoms with Crippen LogP contribution in [0.4, 0.5) is 0 Å². The number of benzene rings is 1. The van der Waals surface area contributed by atoms with Gasteiger partial charge in [0.1, 0.15) is 0 Å². The number of hydrogen-bond donors (Lipinski definition) is 1. The van der Waals surface area contributed by atoms with Crippen molar-refractivity contribution in [3.63, 3.8) is 0 Å². The maximum Gasteiger partial charge on any atom is 0.0818 e. The van der Waals surface area contributed by atoms with Gasteiger partial charge in [-0.05, 0) is 47.6 Å². The average Bonchev–Trinajstić information content (AvgIpc) is 2.47. The number of aliphatic hydroxyl groups is 1. The van der Waals surface area contributed by atoms with Gasteiger partial charge in [0, 0.05) is 0 Å². The van der Waals surface area contributed by atoms with Gasteiger partial charge in [-0.2, -0.15) is 0 Å². The van der Waals surface area contributed by atoms with Crippen molar-refractivity contribution in [1.82, 2.24) is 0 Å². The van der Waals surface area contributed by atoms with E-state index >= 15 is 0 Å². The first-order valence-electron chi connectivity index (χ1n) is 8.22. The van der Waals surface area contributed by atoms with Crippen molar-refractivity contribution in [3.05, 3.63) is 35.4 Å². The molecule has 112 valence electrons. The normalized spacial score (nSPS) is 25.4. The van der Waals surface area contributed by atoms with Crippen LogP contribution in [0.5, 0.6) is 0 Å². The second kappa shape index (κ2) is 6.30. The lowest BCUT2D eigenvalue weighted by Gasteiger charge is -2.30. The molecule has 1 saturated carbocycles. The summed E-state index contributed by atoms with van der Waals surface area (Å²) in [6.07, 6.45) is 5.73. The lowest BCUT2D eigenvalue weighted by molar-refractivity contribution is 0.0755. The molecular formula is C19H30O. The van der Waals surface area contributed by atoms with Gasteiger partial charge in [-0.25, -0.2) is 0 Å². The largest absolute Gasteiger partial charge is 0.388 e. The fourth-order valence-electron chi connectivity index (χ4n) is 3.21. The third-order valence-corrected chi connectivity index (χ3v) is 5.42. The predicted octanol–water partition coefficient (Wildman–Crippen LogP) is 5.23. The van der Waals surface area contributed by atoms with Crippen LogP contribution in [0.2, 0.25) is 0 Å². The van der Waals surface area contributed by atoms with Crippen LogP contribution < -0.4 is 0 Å². The van der Waals surface area contributed by atoms with Gasteiger partial charge in [-0.3, -0.25) is 0 Å². The Balaban J connectivity index is 2.06. The van der Waals surface area contributed by atoms with Gasteiger partial charge in [0.15, 0.2) is 0 Å². The predicted molar refractivity (Wildman–Crippen MR) is 85.8 cm³/mol. The van der Waals surface area contributed by atoms with Crippen molar-refractivity contribution < 1.29 is 5.11 Å². The van der Waals surface area contributed by atoms with Crippen LogP contribution in [-0.4, -0.2) is 5.11 Å². The molecule has 20 heavy (non-hydrogen) atoms. The van der Waals surface area contributed by atoms with Gasteiger partial charge in [0.05, 0.1) is 6.10 Å². The fourth-order valence-corrected chi connectivity index (χ4v) is 3.21. The summed E-state index contributed by atoms with van der Waals surface area (Å²) in [6.45, 7) is 9.11. The van der Waals surface area contributed by atoms with Crippen molar-refractivity contribution in [1.29, 1.82) is 0 Å². The first kappa shape index (κ1) is 15.6. The van der Waals surface area contributed by atoms with E-state index in [0.717, 1.165) is 17.9 Å². The van der Waals surface area contributed by atoms with E-state index in [2.05, 4.69) is 52.0 Å². The van der Waals surface area contributed by atoms with Crippen LogP contribution in [0.3, 0.4) is 0 Å². The summed E-state index contributed by atoms with van der Waals surface area (Å²) in [7, 11) is 0. The van der Waals surface area contributed by atoms with Crippen LogP contribution in [-0.2, 0) is 5.41 Å². The van der Waals surface area contributed by atoms with Crippen LogP contribution in [0, 0.1) is 11.8 Å². The third kappa shape index (κ3) is 3.44. The maximum absolute atomic E-state index is 10.6. The smallest absolute Gasteiger partial charge is 0.0818 e. The van der Waals surface area contributed by atoms with E-state index in [9.17, 15) is 5.11 Å². The van der Waals surface area contributed by atoms with E-state index in [1.54, 1.807) is 0 Å². The van der Waals surface area contributed by atoms with Crippen LogP contribution in [0.25, 0.3) is 0 Å². The molecule has 1 aliphatic rings. The Kier molecular flexibility index (Phi) is 4.90. The molecule has 1 nitrogen and oxygen atoms in total. The van der Waals surface area contributed by atoms with Crippen molar-refractivity contribution in [2.45, 2.75) is 71.3 Å². The summed E-state index contributed by atoms with van der Waals surface area (Å²) in [6, 6.07) is 8.67. The van der Waals surface area contributed by atoms with Crippen molar-refractivity contribution >= 4 is 0 Å². The molecule has 1 heteroatoms. The highest BCUT2D eigenvalue weighted by atomic mass is 16.3. The van der Waals surface area contributed by atoms with Crippen LogP contribution in [0.1, 0.15) is 77.0 Å². The Morgan fingerprint density at radius 3 is 2.15 bits per heavy atom. The Bertz CT molecular complexity index is 410. The molecule has 1 atom stereocenters. The van der Waals surface area contributed by atoms with E-state index < -0.39 is 0 Å². The molecule has 0 amide bonds. The lowest BCUT2D eigenvalue weighted by Crippen LogP contribution is -2.20. The molecule has 1 aromatic rings. The third-order valence-electron chi connectivity index (χ3n) is 5.42. The summed E-state index contributed by atoms with van der Waals surface area (Å²) >= 11 is 0. The fraction of sp³-hybridized carbons (Fsp3) is 0.684. The molecule has 1 aliphatic carbocycles. The highest BCUT2D eigenvalue weighted by molar-refractivity contribution is 5.29. The monoisotopic (exact) mass is 274 g/mol. The summed E-state index contributed by atoms with van der Waals surface area (Å²) in [4.78, 5) is 0. The SMILES string of the molecule is CCC(C)(C)c1ccc(C(O)C2CCC(C)CC2)cc1. The van der Waals surface area contributed by atoms with Gasteiger partial charge in [-0.15, -0.1) is 0 Å². The van der Waals surface area contributed by atoms with E-state index in [4.69, 9.17) is 0 Å². The number of rotatable bonds is 4. The molecule has 1 fully saturated rings. The van der Waals surface area contributed by atoms with E-state index in [-0.39, 0.29) is 11.5 Å². The molecule has 0 spiro atoms. The van der Waals surface area contributed by atoms with Gasteiger partial charge in [0.2, 0.25) is 0 Å². The average molecular weight is 274 g/mol. The molecule has 0 aliphatic heterocycles. The number of aliphatic hydroxyl groups excluding tert-OH is 1. The molecule has 2 rings (SSSR count). The van der Waals surface area contributed by atoms with Gasteiger partial charge in [-0.1, -0.05) is 64.8 Å². The number of hydrogen-bond acceptors (Lipinski definition) is 1. The summed E-state index contributed by atoms with van der Waals surface area (Å²) in [5, 5.41) is 10.6. The lowest BCUT2D eigenvalue weighted by atomic mass is 9.77. The van der Waals surface area contributed by atoms with Crippen molar-refractivity contribution in [3.8, 4) is 0 Å². The van der Waals surface area contributed by atoms with Gasteiger partial charge >= 0.3 is 0 Å². The Morgan fingerprint density at radius 1 is 1.10 bits per heavy atom. The van der Waals surface area contributed by atoms with Crippen LogP contribution in [0.15, 0.2) is 24.3 Å². The Hall–Kier alpha value is -0.820. The minimum Gasteiger partial charge on any atom is -0.388 e. The van der Waals surface area contributed by atoms with Crippen molar-refractivity contribution in [2.75, 3.05) is 0 Å². The molecule has 1 aromatic carbocycles. The standard InChI is InChI=1S/C19H30O/c1-5-19(3,4)17-12-10-16(11-13-17)18(20)15-8-6-14(2)7-9-15/h10-15,18,20H,5-9H2,1-4H3. The minimum atomic E-state index is -0.277. The summed E-state index contributed by atoms with van der Waals surface area (Å²) in [5.74, 6) is 1.29.